The largest absolute Gasteiger partial charge is 0.493 e. The number of amides is 1. The van der Waals surface area contributed by atoms with Crippen LogP contribution < -0.4 is 14.8 Å². The van der Waals surface area contributed by atoms with Gasteiger partial charge in [0.05, 0.1) is 13.7 Å². The van der Waals surface area contributed by atoms with Gasteiger partial charge in [-0.05, 0) is 55.7 Å². The maximum atomic E-state index is 12.7. The molecule has 5 nitrogen and oxygen atoms in total. The number of hydrogen-bond donors (Lipinski definition) is 1. The molecule has 0 aromatic heterocycles. The van der Waals surface area contributed by atoms with Gasteiger partial charge in [0.2, 0.25) is 5.91 Å². The lowest BCUT2D eigenvalue weighted by atomic mass is 9.87. The fourth-order valence-corrected chi connectivity index (χ4v) is 4.52. The molecule has 0 atom stereocenters. The molecule has 1 heterocycles. The monoisotopic (exact) mass is 416 g/mol. The van der Waals surface area contributed by atoms with E-state index in [0.717, 1.165) is 63.2 Å². The minimum atomic E-state index is 0.289. The van der Waals surface area contributed by atoms with Crippen LogP contribution in [0.4, 0.5) is 0 Å². The molecule has 0 spiro atoms. The molecular weight excluding hydrogens is 376 g/mol. The van der Waals surface area contributed by atoms with Crippen molar-refractivity contribution in [2.24, 2.45) is 11.8 Å². The molecule has 3 rings (SSSR count). The number of carbonyl (C=O) groups excluding carboxylic acids is 1. The minimum absolute atomic E-state index is 0.289. The van der Waals surface area contributed by atoms with Crippen LogP contribution in [-0.2, 0) is 11.3 Å². The second-order valence-electron chi connectivity index (χ2n) is 9.33. The van der Waals surface area contributed by atoms with Crippen LogP contribution in [0.25, 0.3) is 0 Å². The first-order valence-electron chi connectivity index (χ1n) is 11.9. The van der Waals surface area contributed by atoms with Crippen LogP contribution in [0.3, 0.4) is 0 Å². The molecule has 1 amide bonds. The Balaban J connectivity index is 1.43. The highest BCUT2D eigenvalue weighted by molar-refractivity contribution is 5.79. The van der Waals surface area contributed by atoms with Crippen molar-refractivity contribution in [3.05, 3.63) is 23.8 Å². The van der Waals surface area contributed by atoms with E-state index >= 15 is 0 Å². The van der Waals surface area contributed by atoms with E-state index in [1.54, 1.807) is 7.11 Å². The molecule has 30 heavy (non-hydrogen) atoms. The SMILES string of the molecule is COc1cc(CNC2CCN(C(=O)C3CCCCC3)CC2)ccc1OCCC(C)C. The maximum absolute atomic E-state index is 12.7. The molecule has 168 valence electrons. The van der Waals surface area contributed by atoms with E-state index in [4.69, 9.17) is 9.47 Å². The van der Waals surface area contributed by atoms with Gasteiger partial charge in [-0.2, -0.15) is 0 Å². The molecule has 1 saturated carbocycles. The van der Waals surface area contributed by atoms with Crippen LogP contribution in [0.1, 0.15) is 70.8 Å². The van der Waals surface area contributed by atoms with Crippen molar-refractivity contribution in [1.82, 2.24) is 10.2 Å². The van der Waals surface area contributed by atoms with Crippen molar-refractivity contribution in [3.63, 3.8) is 0 Å². The lowest BCUT2D eigenvalue weighted by Crippen LogP contribution is -2.46. The molecular formula is C25H40N2O3. The lowest BCUT2D eigenvalue weighted by molar-refractivity contribution is -0.137. The van der Waals surface area contributed by atoms with Crippen molar-refractivity contribution in [2.45, 2.75) is 77.8 Å². The second kappa shape index (κ2) is 11.6. The molecule has 1 N–H and O–H groups in total. The third-order valence-electron chi connectivity index (χ3n) is 6.54. The number of rotatable bonds is 9. The van der Waals surface area contributed by atoms with Crippen LogP contribution in [0, 0.1) is 11.8 Å². The summed E-state index contributed by atoms with van der Waals surface area (Å²) in [6.45, 7) is 7.70. The zero-order valence-electron chi connectivity index (χ0n) is 19.1. The van der Waals surface area contributed by atoms with Gasteiger partial charge in [0, 0.05) is 31.6 Å². The van der Waals surface area contributed by atoms with Gasteiger partial charge in [0.1, 0.15) is 0 Å². The summed E-state index contributed by atoms with van der Waals surface area (Å²) in [6.07, 6.45) is 9.03. The molecule has 0 radical (unpaired) electrons. The van der Waals surface area contributed by atoms with Crippen molar-refractivity contribution in [1.29, 1.82) is 0 Å². The van der Waals surface area contributed by atoms with Gasteiger partial charge < -0.3 is 19.7 Å². The number of piperidine rings is 1. The first kappa shape index (κ1) is 22.9. The molecule has 2 aliphatic rings. The van der Waals surface area contributed by atoms with Gasteiger partial charge >= 0.3 is 0 Å². The minimum Gasteiger partial charge on any atom is -0.493 e. The number of methoxy groups -OCH3 is 1. The molecule has 1 aliphatic heterocycles. The van der Waals surface area contributed by atoms with Crippen molar-refractivity contribution in [2.75, 3.05) is 26.8 Å². The van der Waals surface area contributed by atoms with Crippen molar-refractivity contribution < 1.29 is 14.3 Å². The summed E-state index contributed by atoms with van der Waals surface area (Å²) >= 11 is 0. The average molecular weight is 417 g/mol. The third-order valence-corrected chi connectivity index (χ3v) is 6.54. The lowest BCUT2D eigenvalue weighted by Gasteiger charge is -2.35. The summed E-state index contributed by atoms with van der Waals surface area (Å²) in [5.74, 6) is 2.94. The van der Waals surface area contributed by atoms with E-state index in [0.29, 0.717) is 24.5 Å². The normalized spacial score (nSPS) is 18.6. The first-order chi connectivity index (χ1) is 14.6. The molecule has 0 unspecified atom stereocenters. The smallest absolute Gasteiger partial charge is 0.225 e. The van der Waals surface area contributed by atoms with Gasteiger partial charge in [-0.1, -0.05) is 39.2 Å². The zero-order chi connectivity index (χ0) is 21.3. The molecule has 1 aromatic rings. The Hall–Kier alpha value is -1.75. The second-order valence-corrected chi connectivity index (χ2v) is 9.33. The predicted octanol–water partition coefficient (Wildman–Crippen LogP) is 4.78. The van der Waals surface area contributed by atoms with Crippen LogP contribution >= 0.6 is 0 Å². The van der Waals surface area contributed by atoms with Crippen molar-refractivity contribution in [3.8, 4) is 11.5 Å². The summed E-state index contributed by atoms with van der Waals surface area (Å²) in [5.41, 5.74) is 1.20. The summed E-state index contributed by atoms with van der Waals surface area (Å²) in [6, 6.07) is 6.66. The van der Waals surface area contributed by atoms with Gasteiger partial charge in [0.25, 0.3) is 0 Å². The number of carbonyl (C=O) groups is 1. The Labute approximate surface area is 182 Å². The van der Waals surface area contributed by atoms with E-state index in [1.807, 2.05) is 6.07 Å². The van der Waals surface area contributed by atoms with Crippen LogP contribution in [-0.4, -0.2) is 43.7 Å². The highest BCUT2D eigenvalue weighted by atomic mass is 16.5. The van der Waals surface area contributed by atoms with E-state index in [2.05, 4.69) is 36.2 Å². The van der Waals surface area contributed by atoms with Crippen LogP contribution in [0.2, 0.25) is 0 Å². The summed E-state index contributed by atoms with van der Waals surface area (Å²) in [5, 5.41) is 3.67. The number of ether oxygens (including phenoxy) is 2. The van der Waals surface area contributed by atoms with Gasteiger partial charge in [-0.3, -0.25) is 4.79 Å². The van der Waals surface area contributed by atoms with Crippen LogP contribution in [0.5, 0.6) is 11.5 Å². The molecule has 0 bridgehead atoms. The van der Waals surface area contributed by atoms with E-state index in [-0.39, 0.29) is 5.92 Å². The molecule has 5 heteroatoms. The topological polar surface area (TPSA) is 50.8 Å². The van der Waals surface area contributed by atoms with Crippen LogP contribution in [0.15, 0.2) is 18.2 Å². The fraction of sp³-hybridized carbons (Fsp3) is 0.720. The van der Waals surface area contributed by atoms with E-state index in [1.165, 1.54) is 24.8 Å². The predicted molar refractivity (Wildman–Crippen MR) is 121 cm³/mol. The number of benzene rings is 1. The maximum Gasteiger partial charge on any atom is 0.225 e. The number of hydrogen-bond acceptors (Lipinski definition) is 4. The average Bonchev–Trinajstić information content (AvgIpc) is 2.78. The van der Waals surface area contributed by atoms with Crippen molar-refractivity contribution >= 4 is 5.91 Å². The molecule has 2 fully saturated rings. The summed E-state index contributed by atoms with van der Waals surface area (Å²) in [4.78, 5) is 14.8. The third kappa shape index (κ3) is 6.63. The Bertz CT molecular complexity index is 662. The van der Waals surface area contributed by atoms with E-state index < -0.39 is 0 Å². The highest BCUT2D eigenvalue weighted by Gasteiger charge is 2.28. The summed E-state index contributed by atoms with van der Waals surface area (Å²) < 4.78 is 11.4. The fourth-order valence-electron chi connectivity index (χ4n) is 4.52. The number of likely N-dealkylation sites (tertiary alicyclic amines) is 1. The van der Waals surface area contributed by atoms with E-state index in [9.17, 15) is 4.79 Å². The first-order valence-corrected chi connectivity index (χ1v) is 11.9. The quantitative estimate of drug-likeness (QED) is 0.629. The molecule has 1 aromatic carbocycles. The van der Waals surface area contributed by atoms with Gasteiger partial charge in [-0.15, -0.1) is 0 Å². The van der Waals surface area contributed by atoms with Gasteiger partial charge in [-0.25, -0.2) is 0 Å². The molecule has 1 aliphatic carbocycles. The Morgan fingerprint density at radius 3 is 2.50 bits per heavy atom. The number of nitrogens with zero attached hydrogens (tertiary/aromatic N) is 1. The summed E-state index contributed by atoms with van der Waals surface area (Å²) in [7, 11) is 1.70. The molecule has 1 saturated heterocycles. The zero-order valence-corrected chi connectivity index (χ0v) is 19.1. The highest BCUT2D eigenvalue weighted by Crippen LogP contribution is 2.29. The standard InChI is InChI=1S/C25H40N2O3/c1-19(2)13-16-30-23-10-9-20(17-24(23)29-3)18-26-22-11-14-27(15-12-22)25(28)21-7-5-4-6-8-21/h9-10,17,19,21-22,26H,4-8,11-16,18H2,1-3H3. The number of nitrogens with one attached hydrogen (secondary N) is 1. The Morgan fingerprint density at radius 2 is 1.83 bits per heavy atom. The Morgan fingerprint density at radius 1 is 1.10 bits per heavy atom. The van der Waals surface area contributed by atoms with Gasteiger partial charge in [0.15, 0.2) is 11.5 Å². The Kier molecular flexibility index (Phi) is 8.86.